The molecule has 226 valence electrons. The third-order valence-electron chi connectivity index (χ3n) is 7.77. The van der Waals surface area contributed by atoms with E-state index in [1.54, 1.807) is 6.08 Å². The number of hydrogen-bond donors (Lipinski definition) is 3. The number of allylic oxidation sites excluding steroid dienone is 1. The molecule has 0 aromatic rings. The Labute approximate surface area is 237 Å². The highest BCUT2D eigenvalue weighted by Crippen LogP contribution is 2.15. The molecule has 2 atom stereocenters. The van der Waals surface area contributed by atoms with Crippen molar-refractivity contribution in [1.82, 2.24) is 5.32 Å². The summed E-state index contributed by atoms with van der Waals surface area (Å²) in [5.74, 6) is -0.0692. The summed E-state index contributed by atoms with van der Waals surface area (Å²) in [5.41, 5.74) is 0. The van der Waals surface area contributed by atoms with Gasteiger partial charge in [-0.15, -0.1) is 0 Å². The van der Waals surface area contributed by atoms with Crippen LogP contribution in [0.4, 0.5) is 0 Å². The lowest BCUT2D eigenvalue weighted by Gasteiger charge is -2.20. The molecule has 0 radical (unpaired) electrons. The standard InChI is InChI=1S/C34H67NO3/c1-3-5-7-9-10-11-12-13-14-15-16-17-18-19-20-21-22-23-24-26-28-30-34(38)35-32(31-36)33(37)29-27-25-8-6-4-2/h27,29,32-33,36-37H,3-26,28,30-31H2,1-2H3,(H,35,38)/b29-27+. The molecule has 0 aliphatic carbocycles. The van der Waals surface area contributed by atoms with Gasteiger partial charge in [0.25, 0.3) is 0 Å². The summed E-state index contributed by atoms with van der Waals surface area (Å²) in [6.07, 6.45) is 36.1. The third kappa shape index (κ3) is 26.7. The molecule has 4 heteroatoms. The molecule has 0 aliphatic heterocycles. The molecular formula is C34H67NO3. The second-order valence-corrected chi connectivity index (χ2v) is 11.6. The van der Waals surface area contributed by atoms with Gasteiger partial charge in [0.05, 0.1) is 18.8 Å². The number of carbonyl (C=O) groups is 1. The summed E-state index contributed by atoms with van der Waals surface area (Å²) in [4.78, 5) is 12.2. The van der Waals surface area contributed by atoms with Gasteiger partial charge in [0, 0.05) is 6.42 Å². The van der Waals surface area contributed by atoms with E-state index in [-0.39, 0.29) is 12.5 Å². The smallest absolute Gasteiger partial charge is 0.220 e. The van der Waals surface area contributed by atoms with Gasteiger partial charge in [0.2, 0.25) is 5.91 Å². The van der Waals surface area contributed by atoms with Crippen LogP contribution in [0.25, 0.3) is 0 Å². The molecule has 1 amide bonds. The zero-order valence-corrected chi connectivity index (χ0v) is 25.7. The molecule has 0 fully saturated rings. The first-order valence-corrected chi connectivity index (χ1v) is 16.9. The molecule has 0 bridgehead atoms. The Balaban J connectivity index is 3.42. The first-order valence-electron chi connectivity index (χ1n) is 16.9. The van der Waals surface area contributed by atoms with Gasteiger partial charge in [-0.3, -0.25) is 4.79 Å². The van der Waals surface area contributed by atoms with Gasteiger partial charge >= 0.3 is 0 Å². The van der Waals surface area contributed by atoms with Crippen molar-refractivity contribution >= 4 is 5.91 Å². The van der Waals surface area contributed by atoms with Crippen molar-refractivity contribution < 1.29 is 15.0 Å². The predicted molar refractivity (Wildman–Crippen MR) is 166 cm³/mol. The third-order valence-corrected chi connectivity index (χ3v) is 7.77. The topological polar surface area (TPSA) is 69.6 Å². The average Bonchev–Trinajstić information content (AvgIpc) is 2.92. The van der Waals surface area contributed by atoms with Gasteiger partial charge in [-0.2, -0.15) is 0 Å². The van der Waals surface area contributed by atoms with Crippen LogP contribution >= 0.6 is 0 Å². The molecule has 0 saturated heterocycles. The van der Waals surface area contributed by atoms with Gasteiger partial charge in [-0.25, -0.2) is 0 Å². The number of carbonyl (C=O) groups excluding carboxylic acids is 1. The van der Waals surface area contributed by atoms with Gasteiger partial charge in [0.15, 0.2) is 0 Å². The van der Waals surface area contributed by atoms with Crippen LogP contribution in [0, 0.1) is 0 Å². The van der Waals surface area contributed by atoms with E-state index in [4.69, 9.17) is 0 Å². The normalized spacial score (nSPS) is 13.3. The molecule has 3 N–H and O–H groups in total. The maximum atomic E-state index is 12.2. The second kappa shape index (κ2) is 30.7. The quantitative estimate of drug-likeness (QED) is 0.0631. The zero-order valence-electron chi connectivity index (χ0n) is 25.7. The molecule has 0 saturated carbocycles. The maximum absolute atomic E-state index is 12.2. The molecule has 0 aliphatic rings. The van der Waals surface area contributed by atoms with Crippen molar-refractivity contribution in [3.05, 3.63) is 12.2 Å². The average molecular weight is 538 g/mol. The fraction of sp³-hybridized carbons (Fsp3) is 0.912. The van der Waals surface area contributed by atoms with Crippen LogP contribution < -0.4 is 5.32 Å². The summed E-state index contributed by atoms with van der Waals surface area (Å²) in [5, 5.41) is 22.5. The minimum absolute atomic E-state index is 0.0692. The van der Waals surface area contributed by atoms with Crippen molar-refractivity contribution in [1.29, 1.82) is 0 Å². The molecule has 0 spiro atoms. The minimum Gasteiger partial charge on any atom is -0.394 e. The molecule has 38 heavy (non-hydrogen) atoms. The number of rotatable bonds is 30. The van der Waals surface area contributed by atoms with Crippen LogP contribution in [-0.2, 0) is 4.79 Å². The van der Waals surface area contributed by atoms with Crippen LogP contribution in [0.2, 0.25) is 0 Å². The lowest BCUT2D eigenvalue weighted by atomic mass is 10.0. The van der Waals surface area contributed by atoms with E-state index in [0.29, 0.717) is 6.42 Å². The Hall–Kier alpha value is -0.870. The first kappa shape index (κ1) is 37.1. The van der Waals surface area contributed by atoms with E-state index in [9.17, 15) is 15.0 Å². The van der Waals surface area contributed by atoms with Crippen molar-refractivity contribution in [2.24, 2.45) is 0 Å². The SMILES string of the molecule is CCCCC/C=C/C(O)C(CO)NC(=O)CCCCCCCCCCCCCCCCCCCCCCC. The molecule has 0 heterocycles. The molecular weight excluding hydrogens is 470 g/mol. The number of hydrogen-bond acceptors (Lipinski definition) is 3. The highest BCUT2D eigenvalue weighted by Gasteiger charge is 2.17. The van der Waals surface area contributed by atoms with E-state index >= 15 is 0 Å². The summed E-state index contributed by atoms with van der Waals surface area (Å²) in [6.45, 7) is 4.21. The molecule has 0 aromatic heterocycles. The largest absolute Gasteiger partial charge is 0.394 e. The Morgan fingerprint density at radius 2 is 0.974 bits per heavy atom. The number of nitrogens with one attached hydrogen (secondary N) is 1. The minimum atomic E-state index is -0.828. The van der Waals surface area contributed by atoms with E-state index in [2.05, 4.69) is 19.2 Å². The molecule has 0 rings (SSSR count). The maximum Gasteiger partial charge on any atom is 0.220 e. The number of unbranched alkanes of at least 4 members (excludes halogenated alkanes) is 23. The van der Waals surface area contributed by atoms with Gasteiger partial charge in [0.1, 0.15) is 0 Å². The molecule has 4 nitrogen and oxygen atoms in total. The predicted octanol–water partition coefficient (Wildman–Crippen LogP) is 9.56. The van der Waals surface area contributed by atoms with Crippen molar-refractivity contribution in [3.8, 4) is 0 Å². The summed E-state index contributed by atoms with van der Waals surface area (Å²) in [7, 11) is 0. The van der Waals surface area contributed by atoms with E-state index in [1.807, 2.05) is 6.08 Å². The highest BCUT2D eigenvalue weighted by atomic mass is 16.3. The highest BCUT2D eigenvalue weighted by molar-refractivity contribution is 5.76. The van der Waals surface area contributed by atoms with Crippen molar-refractivity contribution in [2.75, 3.05) is 6.61 Å². The Kier molecular flexibility index (Phi) is 30.0. The lowest BCUT2D eigenvalue weighted by molar-refractivity contribution is -0.123. The monoisotopic (exact) mass is 538 g/mol. The van der Waals surface area contributed by atoms with E-state index in [0.717, 1.165) is 25.7 Å². The zero-order chi connectivity index (χ0) is 27.9. The molecule has 0 aromatic carbocycles. The lowest BCUT2D eigenvalue weighted by Crippen LogP contribution is -2.45. The summed E-state index contributed by atoms with van der Waals surface area (Å²) in [6, 6.07) is -0.611. The van der Waals surface area contributed by atoms with Gasteiger partial charge in [-0.1, -0.05) is 167 Å². The first-order chi connectivity index (χ1) is 18.7. The van der Waals surface area contributed by atoms with Gasteiger partial charge < -0.3 is 15.5 Å². The van der Waals surface area contributed by atoms with Crippen LogP contribution in [0.1, 0.15) is 181 Å². The number of amides is 1. The van der Waals surface area contributed by atoms with E-state index in [1.165, 1.54) is 135 Å². The fourth-order valence-corrected chi connectivity index (χ4v) is 5.12. The molecule has 2 unspecified atom stereocenters. The Morgan fingerprint density at radius 3 is 1.37 bits per heavy atom. The number of aliphatic hydroxyl groups is 2. The fourth-order valence-electron chi connectivity index (χ4n) is 5.12. The van der Waals surface area contributed by atoms with Crippen molar-refractivity contribution in [2.45, 2.75) is 193 Å². The van der Waals surface area contributed by atoms with E-state index < -0.39 is 12.1 Å². The Bertz CT molecular complexity index is 508. The van der Waals surface area contributed by atoms with Crippen LogP contribution in [0.15, 0.2) is 12.2 Å². The second-order valence-electron chi connectivity index (χ2n) is 11.6. The van der Waals surface area contributed by atoms with Crippen molar-refractivity contribution in [3.63, 3.8) is 0 Å². The van der Waals surface area contributed by atoms with Crippen LogP contribution in [0.5, 0.6) is 0 Å². The summed E-state index contributed by atoms with van der Waals surface area (Å²) < 4.78 is 0. The van der Waals surface area contributed by atoms with Crippen LogP contribution in [-0.4, -0.2) is 34.9 Å². The number of aliphatic hydroxyl groups excluding tert-OH is 2. The Morgan fingerprint density at radius 1 is 0.605 bits per heavy atom. The summed E-state index contributed by atoms with van der Waals surface area (Å²) >= 11 is 0. The van der Waals surface area contributed by atoms with Crippen LogP contribution in [0.3, 0.4) is 0 Å². The van der Waals surface area contributed by atoms with Gasteiger partial charge in [-0.05, 0) is 19.3 Å².